The molecular weight excluding hydrogens is 471 g/mol. The molecule has 6 rings (SSSR count). The number of hydrogen-bond acceptors (Lipinski definition) is 5. The second-order valence-corrected chi connectivity index (χ2v) is 8.58. The van der Waals surface area contributed by atoms with Gasteiger partial charge in [0, 0.05) is 34.3 Å². The first-order valence-electron chi connectivity index (χ1n) is 11.5. The largest absolute Gasteiger partial charge is 0.326 e. The number of nitrogens with zero attached hydrogens (tertiary/aromatic N) is 5. The Morgan fingerprint density at radius 1 is 0.973 bits per heavy atom. The number of amides is 1. The third-order valence-electron chi connectivity index (χ3n) is 6.13. The quantitative estimate of drug-likeness (QED) is 0.272. The number of pyridine rings is 2. The molecule has 0 saturated carbocycles. The number of carbonyl (C=O) groups excluding carboxylic acids is 1. The highest BCUT2D eigenvalue weighted by atomic mass is 19.1. The number of nitrogens with one attached hydrogen (secondary N) is 1. The summed E-state index contributed by atoms with van der Waals surface area (Å²) in [6.07, 6.45) is 4.71. The van der Waals surface area contributed by atoms with Crippen molar-refractivity contribution in [2.24, 2.45) is 0 Å². The van der Waals surface area contributed by atoms with Crippen molar-refractivity contribution in [3.63, 3.8) is 0 Å². The van der Waals surface area contributed by atoms with E-state index in [9.17, 15) is 14.4 Å². The van der Waals surface area contributed by atoms with Gasteiger partial charge in [0.05, 0.1) is 11.1 Å². The molecule has 4 aromatic heterocycles. The molecule has 0 aliphatic rings. The molecule has 4 heterocycles. The number of aromatic nitrogens is 5. The molecule has 0 saturated heterocycles. The summed E-state index contributed by atoms with van der Waals surface area (Å²) in [5.41, 5.74) is 3.90. The van der Waals surface area contributed by atoms with Gasteiger partial charge in [-0.25, -0.2) is 18.9 Å². The lowest BCUT2D eigenvalue weighted by Crippen LogP contribution is -2.39. The van der Waals surface area contributed by atoms with Crippen LogP contribution in [0.4, 0.5) is 10.2 Å². The number of imidazole rings is 1. The molecule has 6 aromatic rings. The van der Waals surface area contributed by atoms with Crippen LogP contribution in [0.2, 0.25) is 0 Å². The van der Waals surface area contributed by atoms with Crippen LogP contribution in [0.15, 0.2) is 91.4 Å². The van der Waals surface area contributed by atoms with E-state index in [0.29, 0.717) is 28.2 Å². The molecule has 0 spiro atoms. The molecule has 37 heavy (non-hydrogen) atoms. The number of halogens is 1. The SMILES string of the molecule is Cc1cc(-c2nc3cccnn3c2-c2ccnc(NC(=O)c3cc4ccccc4c[n+]3O)c2)ccc1F. The second kappa shape index (κ2) is 8.80. The van der Waals surface area contributed by atoms with Crippen LogP contribution in [0, 0.1) is 12.7 Å². The highest BCUT2D eigenvalue weighted by Crippen LogP contribution is 2.33. The van der Waals surface area contributed by atoms with Gasteiger partial charge in [0.25, 0.3) is 0 Å². The molecule has 0 aliphatic heterocycles. The van der Waals surface area contributed by atoms with E-state index in [4.69, 9.17) is 4.98 Å². The third-order valence-corrected chi connectivity index (χ3v) is 6.13. The van der Waals surface area contributed by atoms with Crippen LogP contribution in [0.5, 0.6) is 0 Å². The molecule has 9 heteroatoms. The van der Waals surface area contributed by atoms with Crippen molar-refractivity contribution in [1.29, 1.82) is 0 Å². The van der Waals surface area contributed by atoms with Crippen LogP contribution < -0.4 is 10.0 Å². The van der Waals surface area contributed by atoms with Gasteiger partial charge in [-0.1, -0.05) is 18.2 Å². The van der Waals surface area contributed by atoms with Crippen molar-refractivity contribution < 1.29 is 19.1 Å². The molecule has 0 radical (unpaired) electrons. The van der Waals surface area contributed by atoms with Crippen LogP contribution in [0.3, 0.4) is 0 Å². The minimum Gasteiger partial charge on any atom is -0.301 e. The molecule has 0 fully saturated rings. The predicted molar refractivity (Wildman–Crippen MR) is 136 cm³/mol. The third kappa shape index (κ3) is 4.02. The zero-order valence-corrected chi connectivity index (χ0v) is 19.6. The molecule has 0 atom stereocenters. The molecule has 2 N–H and O–H groups in total. The fourth-order valence-corrected chi connectivity index (χ4v) is 4.31. The van der Waals surface area contributed by atoms with Gasteiger partial charge in [0.15, 0.2) is 5.65 Å². The summed E-state index contributed by atoms with van der Waals surface area (Å²) in [6.45, 7) is 1.70. The Morgan fingerprint density at radius 3 is 2.65 bits per heavy atom. The lowest BCUT2D eigenvalue weighted by atomic mass is 10.0. The number of rotatable bonds is 4. The van der Waals surface area contributed by atoms with Crippen molar-refractivity contribution in [3.8, 4) is 22.5 Å². The van der Waals surface area contributed by atoms with Gasteiger partial charge >= 0.3 is 11.6 Å². The van der Waals surface area contributed by atoms with Gasteiger partial charge in [-0.2, -0.15) is 5.10 Å². The highest BCUT2D eigenvalue weighted by Gasteiger charge is 2.23. The normalized spacial score (nSPS) is 11.2. The summed E-state index contributed by atoms with van der Waals surface area (Å²) in [7, 11) is 0. The molecule has 1 amide bonds. The molecule has 2 aromatic carbocycles. The van der Waals surface area contributed by atoms with Crippen LogP contribution in [-0.2, 0) is 0 Å². The summed E-state index contributed by atoms with van der Waals surface area (Å²) in [5.74, 6) is -0.540. The van der Waals surface area contributed by atoms with Crippen LogP contribution in [0.25, 0.3) is 38.9 Å². The lowest BCUT2D eigenvalue weighted by Gasteiger charge is -2.08. The number of aryl methyl sites for hydroxylation is 1. The fraction of sp³-hybridized carbons (Fsp3) is 0.0357. The van der Waals surface area contributed by atoms with E-state index in [1.165, 1.54) is 12.3 Å². The molecule has 180 valence electrons. The Hall–Kier alpha value is -5.18. The van der Waals surface area contributed by atoms with Gasteiger partial charge in [-0.3, -0.25) is 10.0 Å². The highest BCUT2D eigenvalue weighted by molar-refractivity contribution is 6.03. The number of hydrogen-bond donors (Lipinski definition) is 2. The minimum atomic E-state index is -0.524. The first kappa shape index (κ1) is 22.3. The zero-order valence-electron chi connectivity index (χ0n) is 19.6. The Labute approximate surface area is 210 Å². The maximum Gasteiger partial charge on any atom is 0.326 e. The monoisotopic (exact) mass is 491 g/mol. The van der Waals surface area contributed by atoms with Gasteiger partial charge in [0.1, 0.15) is 17.3 Å². The van der Waals surface area contributed by atoms with Crippen LogP contribution in [-0.4, -0.2) is 30.7 Å². The fourth-order valence-electron chi connectivity index (χ4n) is 4.31. The number of benzene rings is 2. The minimum absolute atomic E-state index is 0.0600. The summed E-state index contributed by atoms with van der Waals surface area (Å²) in [6, 6.07) is 21.0. The first-order chi connectivity index (χ1) is 18.0. The van der Waals surface area contributed by atoms with Crippen molar-refractivity contribution in [2.75, 3.05) is 5.32 Å². The van der Waals surface area contributed by atoms with Gasteiger partial charge < -0.3 is 5.32 Å². The van der Waals surface area contributed by atoms with Gasteiger partial charge in [0.2, 0.25) is 6.20 Å². The van der Waals surface area contributed by atoms with Crippen LogP contribution >= 0.6 is 0 Å². The van der Waals surface area contributed by atoms with Crippen LogP contribution in [0.1, 0.15) is 16.1 Å². The number of fused-ring (bicyclic) bond motifs is 2. The second-order valence-electron chi connectivity index (χ2n) is 8.58. The van der Waals surface area contributed by atoms with E-state index in [-0.39, 0.29) is 17.3 Å². The zero-order chi connectivity index (χ0) is 25.5. The average molecular weight is 492 g/mol. The topological polar surface area (TPSA) is 96.3 Å². The van der Waals surface area contributed by atoms with E-state index in [1.54, 1.807) is 60.2 Å². The smallest absolute Gasteiger partial charge is 0.301 e. The Balaban J connectivity index is 1.41. The van der Waals surface area contributed by atoms with Crippen molar-refractivity contribution in [3.05, 3.63) is 108 Å². The number of carbonyl (C=O) groups is 1. The van der Waals surface area contributed by atoms with Gasteiger partial charge in [-0.15, -0.1) is 0 Å². The van der Waals surface area contributed by atoms with Crippen molar-refractivity contribution in [2.45, 2.75) is 6.92 Å². The first-order valence-corrected chi connectivity index (χ1v) is 11.5. The summed E-state index contributed by atoms with van der Waals surface area (Å²) >= 11 is 0. The Kier molecular flexibility index (Phi) is 5.30. The standard InChI is InChI=1S/C28H19FN6O2/c1-17-13-19(8-9-22(17)29)26-27(35-25(33-26)7-4-11-31-35)20-10-12-30-24(15-20)32-28(36)23-14-18-5-2-3-6-21(18)16-34(23)37/h2-16H,1H3,(H-,30,32,36,37)/p+1. The maximum absolute atomic E-state index is 14.0. The molecule has 0 aliphatic carbocycles. The summed E-state index contributed by atoms with van der Waals surface area (Å²) in [5, 5.41) is 19.2. The molecule has 0 bridgehead atoms. The van der Waals surface area contributed by atoms with Gasteiger partial charge in [-0.05, 0) is 66.4 Å². The number of anilines is 1. The Bertz CT molecular complexity index is 1830. The summed E-state index contributed by atoms with van der Waals surface area (Å²) < 4.78 is 16.5. The summed E-state index contributed by atoms with van der Waals surface area (Å²) in [4.78, 5) is 22.1. The van der Waals surface area contributed by atoms with E-state index in [0.717, 1.165) is 21.1 Å². The van der Waals surface area contributed by atoms with E-state index < -0.39 is 5.91 Å². The molecule has 0 unspecified atom stereocenters. The van der Waals surface area contributed by atoms with E-state index in [2.05, 4.69) is 15.4 Å². The van der Waals surface area contributed by atoms with E-state index in [1.807, 2.05) is 30.3 Å². The van der Waals surface area contributed by atoms with E-state index >= 15 is 0 Å². The lowest BCUT2D eigenvalue weighted by molar-refractivity contribution is -0.904. The Morgan fingerprint density at radius 2 is 1.81 bits per heavy atom. The van der Waals surface area contributed by atoms with Crippen molar-refractivity contribution in [1.82, 2.24) is 19.6 Å². The average Bonchev–Trinajstić information content (AvgIpc) is 3.29. The molecular formula is C28H20FN6O2+. The predicted octanol–water partition coefficient (Wildman–Crippen LogP) is 4.84. The molecule has 8 nitrogen and oxygen atoms in total. The van der Waals surface area contributed by atoms with Crippen molar-refractivity contribution >= 4 is 28.1 Å². The maximum atomic E-state index is 14.0.